The Bertz CT molecular complexity index is 649. The van der Waals surface area contributed by atoms with Gasteiger partial charge in [0, 0.05) is 18.2 Å². The van der Waals surface area contributed by atoms with Crippen LogP contribution in [0.1, 0.15) is 27.6 Å². The van der Waals surface area contributed by atoms with Gasteiger partial charge in [0.2, 0.25) is 0 Å². The average Bonchev–Trinajstić information content (AvgIpc) is 2.59. The maximum absolute atomic E-state index is 12.5. The van der Waals surface area contributed by atoms with E-state index in [0.717, 1.165) is 0 Å². The molecule has 0 fully saturated rings. The van der Waals surface area contributed by atoms with Crippen LogP contribution in [-0.4, -0.2) is 25.5 Å². The van der Waals surface area contributed by atoms with Gasteiger partial charge in [-0.3, -0.25) is 9.59 Å². The highest BCUT2D eigenvalue weighted by molar-refractivity contribution is 6.15. The fraction of sp³-hybridized carbons (Fsp3) is 0.222. The molecule has 114 valence electrons. The van der Waals surface area contributed by atoms with Gasteiger partial charge in [-0.1, -0.05) is 42.5 Å². The maximum atomic E-state index is 12.5. The average molecular weight is 298 g/mol. The number of hydrogen-bond donors (Lipinski definition) is 0. The second kappa shape index (κ2) is 7.52. The van der Waals surface area contributed by atoms with E-state index in [-0.39, 0.29) is 18.4 Å². The third kappa shape index (κ3) is 3.80. The highest BCUT2D eigenvalue weighted by Crippen LogP contribution is 2.19. The Kier molecular flexibility index (Phi) is 5.44. The van der Waals surface area contributed by atoms with Crippen LogP contribution < -0.4 is 4.74 Å². The van der Waals surface area contributed by atoms with Crippen molar-refractivity contribution in [1.29, 1.82) is 0 Å². The highest BCUT2D eigenvalue weighted by Gasteiger charge is 2.24. The molecule has 0 N–H and O–H groups in total. The fourth-order valence-electron chi connectivity index (χ4n) is 2.09. The maximum Gasteiger partial charge on any atom is 0.188 e. The van der Waals surface area contributed by atoms with E-state index in [1.807, 2.05) is 6.07 Å². The van der Waals surface area contributed by atoms with Crippen molar-refractivity contribution in [2.24, 2.45) is 5.92 Å². The third-order valence-electron chi connectivity index (χ3n) is 3.31. The first-order chi connectivity index (χ1) is 10.6. The normalized spacial score (nSPS) is 11.7. The summed E-state index contributed by atoms with van der Waals surface area (Å²) in [5.41, 5.74) is 0.987. The molecule has 0 heterocycles. The number of hydrogen-bond acceptors (Lipinski definition) is 4. The summed E-state index contributed by atoms with van der Waals surface area (Å²) in [7, 11) is 1.52. The van der Waals surface area contributed by atoms with Crippen molar-refractivity contribution in [3.63, 3.8) is 0 Å². The van der Waals surface area contributed by atoms with E-state index in [0.29, 0.717) is 16.9 Å². The van der Waals surface area contributed by atoms with Crippen LogP contribution in [0.5, 0.6) is 5.75 Å². The smallest absolute Gasteiger partial charge is 0.188 e. The molecule has 1 atom stereocenters. The molecule has 0 aliphatic heterocycles. The minimum absolute atomic E-state index is 0.107. The van der Waals surface area contributed by atoms with Crippen molar-refractivity contribution in [2.75, 3.05) is 13.9 Å². The number of carbonyl (C=O) groups excluding carboxylic acids is 2. The van der Waals surface area contributed by atoms with Gasteiger partial charge in [-0.05, 0) is 19.1 Å². The van der Waals surface area contributed by atoms with E-state index in [9.17, 15) is 9.59 Å². The Labute approximate surface area is 129 Å². The Hall–Kier alpha value is -2.46. The second-order valence-corrected chi connectivity index (χ2v) is 4.89. The van der Waals surface area contributed by atoms with Crippen LogP contribution >= 0.6 is 0 Å². The molecule has 0 spiro atoms. The summed E-state index contributed by atoms with van der Waals surface area (Å²) in [6, 6.07) is 15.6. The van der Waals surface area contributed by atoms with Crippen LogP contribution in [0.2, 0.25) is 0 Å². The Balaban J connectivity index is 2.15. The summed E-state index contributed by atoms with van der Waals surface area (Å²) in [5, 5.41) is 0. The van der Waals surface area contributed by atoms with Crippen LogP contribution in [0.15, 0.2) is 54.6 Å². The molecule has 1 unspecified atom stereocenters. The van der Waals surface area contributed by atoms with Gasteiger partial charge >= 0.3 is 0 Å². The first kappa shape index (κ1) is 15.9. The standard InChI is InChI=1S/C18H18O4/c1-13(17(19)14-7-4-3-5-8-14)18(20)15-9-6-10-16(11-15)22-12-21-2/h3-11,13H,12H2,1-2H3. The molecule has 0 saturated heterocycles. The van der Waals surface area contributed by atoms with E-state index in [2.05, 4.69) is 0 Å². The monoisotopic (exact) mass is 298 g/mol. The first-order valence-corrected chi connectivity index (χ1v) is 6.98. The molecule has 0 amide bonds. The summed E-state index contributed by atoms with van der Waals surface area (Å²) >= 11 is 0. The molecular weight excluding hydrogens is 280 g/mol. The van der Waals surface area contributed by atoms with Gasteiger partial charge in [0.25, 0.3) is 0 Å². The van der Waals surface area contributed by atoms with Crippen LogP contribution in [0, 0.1) is 5.92 Å². The van der Waals surface area contributed by atoms with E-state index in [4.69, 9.17) is 9.47 Å². The molecule has 2 aromatic rings. The highest BCUT2D eigenvalue weighted by atomic mass is 16.7. The number of Topliss-reactive ketones (excluding diaryl/α,β-unsaturated/α-hetero) is 2. The molecule has 22 heavy (non-hydrogen) atoms. The number of benzene rings is 2. The SMILES string of the molecule is COCOc1cccc(C(=O)C(C)C(=O)c2ccccc2)c1. The van der Waals surface area contributed by atoms with Gasteiger partial charge in [0.1, 0.15) is 5.75 Å². The predicted molar refractivity (Wildman–Crippen MR) is 83.2 cm³/mol. The molecule has 0 aromatic heterocycles. The van der Waals surface area contributed by atoms with Crippen molar-refractivity contribution >= 4 is 11.6 Å². The fourth-order valence-corrected chi connectivity index (χ4v) is 2.09. The molecule has 0 aliphatic carbocycles. The lowest BCUT2D eigenvalue weighted by atomic mass is 9.91. The first-order valence-electron chi connectivity index (χ1n) is 6.98. The summed E-state index contributed by atoms with van der Waals surface area (Å²) < 4.78 is 10.1. The second-order valence-electron chi connectivity index (χ2n) is 4.89. The van der Waals surface area contributed by atoms with Crippen molar-refractivity contribution in [3.8, 4) is 5.75 Å². The zero-order valence-electron chi connectivity index (χ0n) is 12.6. The van der Waals surface area contributed by atoms with Gasteiger partial charge in [-0.15, -0.1) is 0 Å². The van der Waals surface area contributed by atoms with Crippen LogP contribution in [0.3, 0.4) is 0 Å². The van der Waals surface area contributed by atoms with E-state index < -0.39 is 5.92 Å². The minimum Gasteiger partial charge on any atom is -0.468 e. The lowest BCUT2D eigenvalue weighted by Crippen LogP contribution is -2.21. The molecular formula is C18H18O4. The van der Waals surface area contributed by atoms with Crippen molar-refractivity contribution in [1.82, 2.24) is 0 Å². The topological polar surface area (TPSA) is 52.6 Å². The van der Waals surface area contributed by atoms with Gasteiger partial charge in [0.05, 0.1) is 5.92 Å². The molecule has 0 saturated carbocycles. The number of rotatable bonds is 7. The Morgan fingerprint density at radius 2 is 1.59 bits per heavy atom. The lowest BCUT2D eigenvalue weighted by Gasteiger charge is -2.11. The summed E-state index contributed by atoms with van der Waals surface area (Å²) in [6.07, 6.45) is 0. The van der Waals surface area contributed by atoms with E-state index in [1.54, 1.807) is 55.5 Å². The third-order valence-corrected chi connectivity index (χ3v) is 3.31. The number of carbonyl (C=O) groups is 2. The summed E-state index contributed by atoms with van der Waals surface area (Å²) in [6.45, 7) is 1.73. The van der Waals surface area contributed by atoms with Crippen LogP contribution in [0.4, 0.5) is 0 Å². The van der Waals surface area contributed by atoms with Crippen molar-refractivity contribution in [2.45, 2.75) is 6.92 Å². The largest absolute Gasteiger partial charge is 0.468 e. The molecule has 4 nitrogen and oxygen atoms in total. The molecule has 0 bridgehead atoms. The zero-order chi connectivity index (χ0) is 15.9. The van der Waals surface area contributed by atoms with Crippen molar-refractivity contribution in [3.05, 3.63) is 65.7 Å². The molecule has 0 radical (unpaired) electrons. The zero-order valence-corrected chi connectivity index (χ0v) is 12.6. The van der Waals surface area contributed by atoms with Crippen LogP contribution in [-0.2, 0) is 4.74 Å². The molecule has 4 heteroatoms. The Morgan fingerprint density at radius 3 is 2.27 bits per heavy atom. The molecule has 0 aliphatic rings. The Morgan fingerprint density at radius 1 is 0.955 bits per heavy atom. The summed E-state index contributed by atoms with van der Waals surface area (Å²) in [4.78, 5) is 24.8. The predicted octanol–water partition coefficient (Wildman–Crippen LogP) is 3.37. The van der Waals surface area contributed by atoms with Gasteiger partial charge in [0.15, 0.2) is 18.4 Å². The van der Waals surface area contributed by atoms with E-state index in [1.165, 1.54) is 7.11 Å². The molecule has 2 aromatic carbocycles. The quantitative estimate of drug-likeness (QED) is 0.447. The lowest BCUT2D eigenvalue weighted by molar-refractivity contribution is 0.0510. The van der Waals surface area contributed by atoms with Crippen LogP contribution in [0.25, 0.3) is 0 Å². The van der Waals surface area contributed by atoms with Gasteiger partial charge in [-0.25, -0.2) is 0 Å². The number of methoxy groups -OCH3 is 1. The van der Waals surface area contributed by atoms with E-state index >= 15 is 0 Å². The summed E-state index contributed by atoms with van der Waals surface area (Å²) in [5.74, 6) is -0.613. The van der Waals surface area contributed by atoms with Gasteiger partial charge in [-0.2, -0.15) is 0 Å². The molecule has 2 rings (SSSR count). The van der Waals surface area contributed by atoms with Gasteiger partial charge < -0.3 is 9.47 Å². The van der Waals surface area contributed by atoms with Crippen molar-refractivity contribution < 1.29 is 19.1 Å². The number of ketones is 2. The number of ether oxygens (including phenoxy) is 2. The minimum atomic E-state index is -0.736.